The average Bonchev–Trinajstić information content (AvgIpc) is 2.84. The third-order valence-electron chi connectivity index (χ3n) is 2.84. The Morgan fingerprint density at radius 2 is 2.29 bits per heavy atom. The number of hydrogen-bond acceptors (Lipinski definition) is 5. The molecule has 5 nitrogen and oxygen atoms in total. The van der Waals surface area contributed by atoms with Gasteiger partial charge in [-0.2, -0.15) is 4.98 Å². The molecule has 2 aromatic heterocycles. The third-order valence-corrected chi connectivity index (χ3v) is 2.84. The monoisotopic (exact) mass is 233 g/mol. The summed E-state index contributed by atoms with van der Waals surface area (Å²) < 4.78 is 10.5. The molecule has 3 rings (SSSR count). The molecule has 0 bridgehead atoms. The molecule has 0 radical (unpaired) electrons. The van der Waals surface area contributed by atoms with E-state index in [-0.39, 0.29) is 0 Å². The van der Waals surface area contributed by atoms with Gasteiger partial charge in [-0.05, 0) is 32.0 Å². The van der Waals surface area contributed by atoms with Crippen LogP contribution in [-0.4, -0.2) is 22.1 Å². The minimum Gasteiger partial charge on any atom is -0.468 e. The van der Waals surface area contributed by atoms with Gasteiger partial charge in [0.1, 0.15) is 5.76 Å². The van der Waals surface area contributed by atoms with Crippen molar-refractivity contribution in [2.75, 3.05) is 7.05 Å². The Bertz CT molecular complexity index is 474. The van der Waals surface area contributed by atoms with Crippen LogP contribution in [0, 0.1) is 0 Å². The van der Waals surface area contributed by atoms with Crippen LogP contribution in [0.3, 0.4) is 0 Å². The predicted molar refractivity (Wildman–Crippen MR) is 60.2 cm³/mol. The summed E-state index contributed by atoms with van der Waals surface area (Å²) in [6.07, 6.45) is 4.07. The van der Waals surface area contributed by atoms with Crippen molar-refractivity contribution in [1.82, 2.24) is 15.0 Å². The summed E-state index contributed by atoms with van der Waals surface area (Å²) in [5.41, 5.74) is 0. The molecule has 2 heterocycles. The van der Waals surface area contributed by atoms with Crippen LogP contribution in [0.1, 0.15) is 36.2 Å². The molecule has 2 aromatic rings. The van der Waals surface area contributed by atoms with Crippen LogP contribution in [0.25, 0.3) is 0 Å². The first-order valence-electron chi connectivity index (χ1n) is 5.84. The predicted octanol–water partition coefficient (Wildman–Crippen LogP) is 2.17. The quantitative estimate of drug-likeness (QED) is 0.792. The molecule has 0 amide bonds. The number of nitrogens with zero attached hydrogens (tertiary/aromatic N) is 3. The van der Waals surface area contributed by atoms with Crippen LogP contribution in [0.15, 0.2) is 27.3 Å². The fourth-order valence-electron chi connectivity index (χ4n) is 1.79. The fraction of sp³-hybridized carbons (Fsp3) is 0.500. The highest BCUT2D eigenvalue weighted by molar-refractivity contribution is 5.03. The molecule has 1 saturated carbocycles. The molecule has 0 spiro atoms. The van der Waals surface area contributed by atoms with E-state index in [1.165, 1.54) is 12.8 Å². The van der Waals surface area contributed by atoms with Crippen molar-refractivity contribution in [1.29, 1.82) is 0 Å². The second-order valence-electron chi connectivity index (χ2n) is 4.57. The van der Waals surface area contributed by atoms with E-state index in [4.69, 9.17) is 8.94 Å². The van der Waals surface area contributed by atoms with Crippen molar-refractivity contribution in [3.05, 3.63) is 35.9 Å². The maximum atomic E-state index is 5.29. The second kappa shape index (κ2) is 4.33. The number of rotatable bonds is 5. The van der Waals surface area contributed by atoms with E-state index < -0.39 is 0 Å². The molecule has 5 heteroatoms. The van der Waals surface area contributed by atoms with Crippen molar-refractivity contribution in [3.8, 4) is 0 Å². The Morgan fingerprint density at radius 3 is 3.00 bits per heavy atom. The molecular formula is C12H15N3O2. The van der Waals surface area contributed by atoms with E-state index in [9.17, 15) is 0 Å². The molecule has 0 N–H and O–H groups in total. The normalized spacial score (nSPS) is 15.6. The molecule has 0 aliphatic heterocycles. The Hall–Kier alpha value is -1.62. The number of hydrogen-bond donors (Lipinski definition) is 0. The molecule has 0 unspecified atom stereocenters. The standard InChI is InChI=1S/C12H15N3O2/c1-15(7-10-3-2-6-16-10)8-11-13-12(14-17-11)9-4-5-9/h2-3,6,9H,4-5,7-8H2,1H3. The lowest BCUT2D eigenvalue weighted by molar-refractivity contribution is 0.244. The van der Waals surface area contributed by atoms with Crippen molar-refractivity contribution >= 4 is 0 Å². The SMILES string of the molecule is CN(Cc1ccco1)Cc1nc(C2CC2)no1. The van der Waals surface area contributed by atoms with E-state index in [1.54, 1.807) is 6.26 Å². The van der Waals surface area contributed by atoms with Crippen LogP contribution in [0.4, 0.5) is 0 Å². The minimum absolute atomic E-state index is 0.544. The van der Waals surface area contributed by atoms with Crippen LogP contribution in [-0.2, 0) is 13.1 Å². The third kappa shape index (κ3) is 2.55. The van der Waals surface area contributed by atoms with Crippen molar-refractivity contribution in [2.24, 2.45) is 0 Å². The first kappa shape index (κ1) is 10.5. The van der Waals surface area contributed by atoms with Crippen molar-refractivity contribution in [3.63, 3.8) is 0 Å². The van der Waals surface area contributed by atoms with E-state index >= 15 is 0 Å². The maximum absolute atomic E-state index is 5.29. The summed E-state index contributed by atoms with van der Waals surface area (Å²) in [5.74, 6) is 3.03. The lowest BCUT2D eigenvalue weighted by Crippen LogP contribution is -2.17. The van der Waals surface area contributed by atoms with Gasteiger partial charge in [0.05, 0.1) is 19.4 Å². The first-order valence-corrected chi connectivity index (χ1v) is 5.84. The highest BCUT2D eigenvalue weighted by Gasteiger charge is 2.28. The molecular weight excluding hydrogens is 218 g/mol. The van der Waals surface area contributed by atoms with Crippen LogP contribution in [0.5, 0.6) is 0 Å². The highest BCUT2D eigenvalue weighted by Crippen LogP contribution is 2.38. The van der Waals surface area contributed by atoms with Gasteiger partial charge in [-0.15, -0.1) is 0 Å². The van der Waals surface area contributed by atoms with E-state index in [1.807, 2.05) is 19.2 Å². The van der Waals surface area contributed by atoms with Crippen molar-refractivity contribution in [2.45, 2.75) is 31.8 Å². The summed E-state index contributed by atoms with van der Waals surface area (Å²) in [7, 11) is 2.00. The minimum atomic E-state index is 0.544. The van der Waals surface area contributed by atoms with Gasteiger partial charge in [0.25, 0.3) is 0 Å². The lowest BCUT2D eigenvalue weighted by Gasteiger charge is -2.11. The molecule has 0 atom stereocenters. The summed E-state index contributed by atoms with van der Waals surface area (Å²) in [4.78, 5) is 6.48. The molecule has 1 aliphatic carbocycles. The topological polar surface area (TPSA) is 55.3 Å². The molecule has 90 valence electrons. The maximum Gasteiger partial charge on any atom is 0.240 e. The number of aromatic nitrogens is 2. The lowest BCUT2D eigenvalue weighted by atomic mass is 10.4. The molecule has 0 saturated heterocycles. The smallest absolute Gasteiger partial charge is 0.240 e. The van der Waals surface area contributed by atoms with Gasteiger partial charge < -0.3 is 8.94 Å². The summed E-state index contributed by atoms with van der Waals surface area (Å²) in [6, 6.07) is 3.85. The average molecular weight is 233 g/mol. The van der Waals surface area contributed by atoms with E-state index in [2.05, 4.69) is 15.0 Å². The zero-order valence-corrected chi connectivity index (χ0v) is 9.80. The van der Waals surface area contributed by atoms with Gasteiger partial charge in [-0.1, -0.05) is 5.16 Å². The Kier molecular flexibility index (Phi) is 2.68. The van der Waals surface area contributed by atoms with Gasteiger partial charge in [0.2, 0.25) is 5.89 Å². The van der Waals surface area contributed by atoms with Crippen LogP contribution < -0.4 is 0 Å². The van der Waals surface area contributed by atoms with Crippen molar-refractivity contribution < 1.29 is 8.94 Å². The second-order valence-corrected chi connectivity index (χ2v) is 4.57. The van der Waals surface area contributed by atoms with E-state index in [0.717, 1.165) is 18.1 Å². The summed E-state index contributed by atoms with van der Waals surface area (Å²) >= 11 is 0. The zero-order valence-electron chi connectivity index (χ0n) is 9.80. The zero-order chi connectivity index (χ0) is 11.7. The fourth-order valence-corrected chi connectivity index (χ4v) is 1.79. The van der Waals surface area contributed by atoms with E-state index in [0.29, 0.717) is 18.4 Å². The Balaban J connectivity index is 1.57. The Morgan fingerprint density at radius 1 is 1.41 bits per heavy atom. The van der Waals surface area contributed by atoms with Gasteiger partial charge >= 0.3 is 0 Å². The molecule has 17 heavy (non-hydrogen) atoms. The largest absolute Gasteiger partial charge is 0.468 e. The van der Waals surface area contributed by atoms with Gasteiger partial charge in [-0.3, -0.25) is 4.90 Å². The Labute approximate surface area is 99.4 Å². The molecule has 0 aromatic carbocycles. The van der Waals surface area contributed by atoms with Crippen LogP contribution in [0.2, 0.25) is 0 Å². The summed E-state index contributed by atoms with van der Waals surface area (Å²) in [5, 5.41) is 3.99. The van der Waals surface area contributed by atoms with Gasteiger partial charge in [0, 0.05) is 5.92 Å². The molecule has 1 fully saturated rings. The van der Waals surface area contributed by atoms with Gasteiger partial charge in [-0.25, -0.2) is 0 Å². The molecule has 1 aliphatic rings. The number of furan rings is 1. The van der Waals surface area contributed by atoms with Gasteiger partial charge in [0.15, 0.2) is 5.82 Å². The summed E-state index contributed by atoms with van der Waals surface area (Å²) in [6.45, 7) is 1.40. The highest BCUT2D eigenvalue weighted by atomic mass is 16.5. The first-order chi connectivity index (χ1) is 8.31. The van der Waals surface area contributed by atoms with Crippen LogP contribution >= 0.6 is 0 Å².